The first kappa shape index (κ1) is 30.4. The summed E-state index contributed by atoms with van der Waals surface area (Å²) < 4.78 is 32.5. The molecule has 0 unspecified atom stereocenters. The smallest absolute Gasteiger partial charge is 0.296 e. The van der Waals surface area contributed by atoms with Crippen molar-refractivity contribution in [2.24, 2.45) is 13.0 Å². The molecule has 8 nitrogen and oxygen atoms in total. The highest BCUT2D eigenvalue weighted by atomic mass is 32.2. The van der Waals surface area contributed by atoms with Gasteiger partial charge in [0.1, 0.15) is 5.69 Å². The summed E-state index contributed by atoms with van der Waals surface area (Å²) in [5.74, 6) is 0.839. The average molecular weight is 601 g/mol. The van der Waals surface area contributed by atoms with Crippen LogP contribution in [0.1, 0.15) is 65.3 Å². The lowest BCUT2D eigenvalue weighted by molar-refractivity contribution is 0.0689. The van der Waals surface area contributed by atoms with Crippen LogP contribution in [-0.4, -0.2) is 41.7 Å². The summed E-state index contributed by atoms with van der Waals surface area (Å²) in [7, 11) is -2.44. The van der Waals surface area contributed by atoms with E-state index in [9.17, 15) is 18.0 Å². The molecule has 0 atom stereocenters. The molecule has 0 bridgehead atoms. The van der Waals surface area contributed by atoms with Gasteiger partial charge in [0.05, 0.1) is 16.3 Å². The van der Waals surface area contributed by atoms with Crippen LogP contribution in [0.15, 0.2) is 82.5 Å². The number of likely N-dealkylation sites (tertiary alicyclic amines) is 1. The number of benzene rings is 3. The second kappa shape index (κ2) is 12.2. The SMILES string of the molecule is Cc1ccc(S(=O)(=O)Nc2c(C)n(C)n(-c3ccccc3)c2=O)cc1C(=O)N1CCC(Cc2ccc(C(C)C)cc2)CC1. The molecule has 9 heteroatoms. The van der Waals surface area contributed by atoms with E-state index >= 15 is 0 Å². The number of aromatic nitrogens is 2. The third-order valence-corrected chi connectivity index (χ3v) is 9.96. The molecular weight excluding hydrogens is 560 g/mol. The molecule has 226 valence electrons. The molecule has 0 aliphatic carbocycles. The summed E-state index contributed by atoms with van der Waals surface area (Å²) >= 11 is 0. The van der Waals surface area contributed by atoms with Gasteiger partial charge in [-0.05, 0) is 85.9 Å². The lowest BCUT2D eigenvalue weighted by Crippen LogP contribution is -2.39. The largest absolute Gasteiger partial charge is 0.339 e. The van der Waals surface area contributed by atoms with Gasteiger partial charge >= 0.3 is 0 Å². The number of nitrogens with one attached hydrogen (secondary N) is 1. The third-order valence-electron chi connectivity index (χ3n) is 8.61. The van der Waals surface area contributed by atoms with Crippen molar-refractivity contribution in [2.75, 3.05) is 17.8 Å². The average Bonchev–Trinajstić information content (AvgIpc) is 3.20. The van der Waals surface area contributed by atoms with Crippen LogP contribution < -0.4 is 10.3 Å². The van der Waals surface area contributed by atoms with Gasteiger partial charge < -0.3 is 4.90 Å². The lowest BCUT2D eigenvalue weighted by atomic mass is 9.89. The molecule has 43 heavy (non-hydrogen) atoms. The normalized spacial score (nSPS) is 14.3. The van der Waals surface area contributed by atoms with E-state index in [1.54, 1.807) is 36.9 Å². The number of amides is 1. The van der Waals surface area contributed by atoms with Crippen molar-refractivity contribution in [3.05, 3.63) is 111 Å². The minimum atomic E-state index is -4.15. The summed E-state index contributed by atoms with van der Waals surface area (Å²) in [5.41, 5.74) is 4.31. The fourth-order valence-corrected chi connectivity index (χ4v) is 6.90. The van der Waals surface area contributed by atoms with E-state index in [1.165, 1.54) is 27.9 Å². The molecule has 5 rings (SSSR count). The van der Waals surface area contributed by atoms with Gasteiger partial charge in [0.2, 0.25) is 0 Å². The minimum absolute atomic E-state index is 0.0271. The maximum Gasteiger partial charge on any atom is 0.296 e. The third kappa shape index (κ3) is 6.32. The van der Waals surface area contributed by atoms with Crippen LogP contribution in [-0.2, 0) is 23.5 Å². The minimum Gasteiger partial charge on any atom is -0.339 e. The van der Waals surface area contributed by atoms with Crippen molar-refractivity contribution in [3.8, 4) is 5.69 Å². The van der Waals surface area contributed by atoms with Crippen LogP contribution in [0.4, 0.5) is 5.69 Å². The molecule has 2 heterocycles. The molecule has 1 aromatic heterocycles. The van der Waals surface area contributed by atoms with Gasteiger partial charge in [-0.3, -0.25) is 19.0 Å². The number of sulfonamides is 1. The van der Waals surface area contributed by atoms with E-state index in [2.05, 4.69) is 42.8 Å². The van der Waals surface area contributed by atoms with E-state index in [4.69, 9.17) is 0 Å². The molecular formula is C34H40N4O4S. The lowest BCUT2D eigenvalue weighted by Gasteiger charge is -2.32. The highest BCUT2D eigenvalue weighted by molar-refractivity contribution is 7.92. The Balaban J connectivity index is 1.30. The Morgan fingerprint density at radius 1 is 0.953 bits per heavy atom. The molecule has 4 aromatic rings. The monoisotopic (exact) mass is 600 g/mol. The Bertz CT molecular complexity index is 1780. The molecule has 1 aliphatic rings. The van der Waals surface area contributed by atoms with E-state index in [0.717, 1.165) is 19.3 Å². The topological polar surface area (TPSA) is 93.4 Å². The zero-order chi connectivity index (χ0) is 30.9. The molecule has 0 radical (unpaired) electrons. The number of nitrogens with zero attached hydrogens (tertiary/aromatic N) is 3. The zero-order valence-corrected chi connectivity index (χ0v) is 26.3. The first-order chi connectivity index (χ1) is 20.5. The van der Waals surface area contributed by atoms with Crippen LogP contribution in [0.5, 0.6) is 0 Å². The molecule has 0 saturated carbocycles. The number of carbonyl (C=O) groups excluding carboxylic acids is 1. The zero-order valence-electron chi connectivity index (χ0n) is 25.5. The van der Waals surface area contributed by atoms with Crippen LogP contribution >= 0.6 is 0 Å². The number of rotatable bonds is 8. The van der Waals surface area contributed by atoms with Gasteiger partial charge in [-0.15, -0.1) is 0 Å². The predicted octanol–water partition coefficient (Wildman–Crippen LogP) is 5.81. The fourth-order valence-electron chi connectivity index (χ4n) is 5.76. The van der Waals surface area contributed by atoms with E-state index < -0.39 is 15.6 Å². The van der Waals surface area contributed by atoms with Crippen molar-refractivity contribution in [2.45, 2.75) is 57.8 Å². The summed E-state index contributed by atoms with van der Waals surface area (Å²) in [6.07, 6.45) is 2.79. The van der Waals surface area contributed by atoms with Crippen LogP contribution in [0.3, 0.4) is 0 Å². The van der Waals surface area contributed by atoms with Gasteiger partial charge in [-0.2, -0.15) is 0 Å². The van der Waals surface area contributed by atoms with Crippen molar-refractivity contribution in [1.29, 1.82) is 0 Å². The Hall–Kier alpha value is -4.11. The summed E-state index contributed by atoms with van der Waals surface area (Å²) in [4.78, 5) is 28.6. The standard InChI is InChI=1S/C34H40N4O4S/c1-23(2)28-14-12-26(13-15-28)21-27-17-19-37(20-18-27)33(39)31-22-30(16-11-24(31)3)43(41,42)35-32-25(4)36(5)38(34(32)40)29-9-7-6-8-10-29/h6-16,22-23,27,35H,17-21H2,1-5H3. The van der Waals surface area contributed by atoms with E-state index in [1.807, 2.05) is 30.0 Å². The number of anilines is 1. The second-order valence-electron chi connectivity index (χ2n) is 11.9. The van der Waals surface area contributed by atoms with E-state index in [0.29, 0.717) is 47.4 Å². The maximum atomic E-state index is 13.6. The maximum absolute atomic E-state index is 13.6. The van der Waals surface area contributed by atoms with Gasteiger partial charge in [-0.25, -0.2) is 13.1 Å². The summed E-state index contributed by atoms with van der Waals surface area (Å²) in [6.45, 7) is 9.14. The van der Waals surface area contributed by atoms with Gasteiger partial charge in [0, 0.05) is 25.7 Å². The van der Waals surface area contributed by atoms with Gasteiger partial charge in [0.15, 0.2) is 0 Å². The first-order valence-corrected chi connectivity index (χ1v) is 16.3. The van der Waals surface area contributed by atoms with Crippen molar-refractivity contribution in [3.63, 3.8) is 0 Å². The first-order valence-electron chi connectivity index (χ1n) is 14.8. The number of aryl methyl sites for hydroxylation is 1. The second-order valence-corrected chi connectivity index (χ2v) is 13.5. The highest BCUT2D eigenvalue weighted by Crippen LogP contribution is 2.26. The number of hydrogen-bond donors (Lipinski definition) is 1. The number of piperidine rings is 1. The number of para-hydroxylation sites is 1. The number of hydrogen-bond acceptors (Lipinski definition) is 4. The van der Waals surface area contributed by atoms with Crippen molar-refractivity contribution in [1.82, 2.24) is 14.3 Å². The molecule has 0 spiro atoms. The fraction of sp³-hybridized carbons (Fsp3) is 0.353. The Labute approximate surface area is 254 Å². The summed E-state index contributed by atoms with van der Waals surface area (Å²) in [6, 6.07) is 22.4. The quantitative estimate of drug-likeness (QED) is 0.276. The Kier molecular flexibility index (Phi) is 8.64. The Morgan fingerprint density at radius 2 is 1.60 bits per heavy atom. The number of carbonyl (C=O) groups is 1. The molecule has 1 saturated heterocycles. The summed E-state index contributed by atoms with van der Waals surface area (Å²) in [5, 5.41) is 0. The van der Waals surface area contributed by atoms with Gasteiger partial charge in [-0.1, -0.05) is 62.4 Å². The molecule has 1 amide bonds. The van der Waals surface area contributed by atoms with Gasteiger partial charge in [0.25, 0.3) is 21.5 Å². The van der Waals surface area contributed by atoms with Crippen molar-refractivity contribution < 1.29 is 13.2 Å². The van der Waals surface area contributed by atoms with Crippen LogP contribution in [0, 0.1) is 19.8 Å². The molecule has 1 N–H and O–H groups in total. The van der Waals surface area contributed by atoms with Crippen LogP contribution in [0.2, 0.25) is 0 Å². The highest BCUT2D eigenvalue weighted by Gasteiger charge is 2.27. The van der Waals surface area contributed by atoms with Crippen molar-refractivity contribution >= 4 is 21.6 Å². The van der Waals surface area contributed by atoms with E-state index in [-0.39, 0.29) is 16.5 Å². The molecule has 1 aliphatic heterocycles. The Morgan fingerprint density at radius 3 is 2.23 bits per heavy atom. The molecule has 1 fully saturated rings. The van der Waals surface area contributed by atoms with Crippen LogP contribution in [0.25, 0.3) is 5.69 Å². The predicted molar refractivity (Wildman–Crippen MR) is 171 cm³/mol. The molecule has 3 aromatic carbocycles.